The first-order chi connectivity index (χ1) is 16.4. The van der Waals surface area contributed by atoms with E-state index in [-0.39, 0.29) is 11.5 Å². The molecule has 2 atom stereocenters. The number of ether oxygens (including phenoxy) is 1. The maximum atomic E-state index is 13.7. The second-order valence-corrected chi connectivity index (χ2v) is 9.87. The minimum atomic E-state index is -4.45. The first-order valence-electron chi connectivity index (χ1n) is 11.7. The fourth-order valence-electron chi connectivity index (χ4n) is 3.46. The summed E-state index contributed by atoms with van der Waals surface area (Å²) in [6, 6.07) is 15.9. The number of hydrogen-bond acceptors (Lipinski definition) is 2. The molecule has 0 amide bonds. The third kappa shape index (κ3) is 8.31. The Kier molecular flexibility index (Phi) is 10.3. The molecule has 0 radical (unpaired) electrons. The van der Waals surface area contributed by atoms with Crippen molar-refractivity contribution in [2.45, 2.75) is 65.0 Å². The summed E-state index contributed by atoms with van der Waals surface area (Å²) in [6.07, 6.45) is -0.695. The van der Waals surface area contributed by atoms with Gasteiger partial charge in [0.25, 0.3) is 0 Å². The molecule has 1 heterocycles. The molecule has 2 unspecified atom stereocenters. The van der Waals surface area contributed by atoms with Crippen LogP contribution >= 0.6 is 9.24 Å². The lowest BCUT2D eigenvalue weighted by Gasteiger charge is -2.19. The number of alkyl halides is 4. The minimum absolute atomic E-state index is 0.0287. The molecule has 0 aliphatic heterocycles. The molecule has 0 fully saturated rings. The van der Waals surface area contributed by atoms with Gasteiger partial charge in [0.05, 0.1) is 12.2 Å². The lowest BCUT2D eigenvalue weighted by Crippen LogP contribution is -2.11. The van der Waals surface area contributed by atoms with Crippen LogP contribution in [0, 0.1) is 0 Å². The van der Waals surface area contributed by atoms with Gasteiger partial charge >= 0.3 is 6.18 Å². The molecular weight excluding hydrogens is 473 g/mol. The Morgan fingerprint density at radius 1 is 0.943 bits per heavy atom. The van der Waals surface area contributed by atoms with Crippen molar-refractivity contribution < 1.29 is 22.3 Å². The molecule has 2 aromatic carbocycles. The number of rotatable bonds is 7. The lowest BCUT2D eigenvalue weighted by molar-refractivity contribution is -0.137. The van der Waals surface area contributed by atoms with E-state index in [1.54, 1.807) is 13.8 Å². The largest absolute Gasteiger partial charge is 0.477 e. The highest BCUT2D eigenvalue weighted by molar-refractivity contribution is 7.18. The third-order valence-electron chi connectivity index (χ3n) is 5.41. The minimum Gasteiger partial charge on any atom is -0.477 e. The third-order valence-corrected chi connectivity index (χ3v) is 5.74. The van der Waals surface area contributed by atoms with E-state index >= 15 is 0 Å². The predicted octanol–water partition coefficient (Wildman–Crippen LogP) is 8.95. The van der Waals surface area contributed by atoms with Crippen LogP contribution in [-0.4, -0.2) is 11.6 Å². The SMILES string of the molecule is CC(C)c1cc(C(F)(F)F)cc(C(C)(F)P)c1.CCCOc1nccc(-c2ccccc2)c1CC. The Bertz CT molecular complexity index is 1040. The highest BCUT2D eigenvalue weighted by atomic mass is 31.0. The predicted molar refractivity (Wildman–Crippen MR) is 139 cm³/mol. The number of halogens is 4. The van der Waals surface area contributed by atoms with Gasteiger partial charge in [-0.05, 0) is 66.1 Å². The van der Waals surface area contributed by atoms with Crippen LogP contribution < -0.4 is 4.74 Å². The Morgan fingerprint density at radius 3 is 2.09 bits per heavy atom. The van der Waals surface area contributed by atoms with Crippen molar-refractivity contribution in [3.63, 3.8) is 0 Å². The van der Waals surface area contributed by atoms with Crippen LogP contribution in [0.5, 0.6) is 5.88 Å². The summed E-state index contributed by atoms with van der Waals surface area (Å²) in [7, 11) is 1.91. The first-order valence-corrected chi connectivity index (χ1v) is 12.3. The van der Waals surface area contributed by atoms with E-state index in [0.717, 1.165) is 37.5 Å². The van der Waals surface area contributed by atoms with E-state index in [9.17, 15) is 17.6 Å². The first kappa shape index (κ1) is 28.8. The topological polar surface area (TPSA) is 22.1 Å². The molecule has 3 rings (SSSR count). The molecular formula is C28H34F4NOP. The monoisotopic (exact) mass is 507 g/mol. The Hall–Kier alpha value is -2.46. The summed E-state index contributed by atoms with van der Waals surface area (Å²) < 4.78 is 57.5. The highest BCUT2D eigenvalue weighted by Crippen LogP contribution is 2.39. The van der Waals surface area contributed by atoms with E-state index in [2.05, 4.69) is 49.2 Å². The van der Waals surface area contributed by atoms with Gasteiger partial charge in [0, 0.05) is 11.8 Å². The van der Waals surface area contributed by atoms with E-state index < -0.39 is 17.1 Å². The standard InChI is InChI=1S/C16H19NO.C12H15F4P/c1-3-12-18-16-14(4-2)15(10-11-17-16)13-8-6-5-7-9-13;1-7(2)8-4-9(11(3,13)17)6-10(5-8)12(14,15)16/h5-11H,3-4,12H2,1-2H3;4-7H,17H2,1-3H3. The molecule has 0 bridgehead atoms. The number of pyridine rings is 1. The summed E-state index contributed by atoms with van der Waals surface area (Å²) in [5.74, 6) is 0.698. The van der Waals surface area contributed by atoms with Crippen molar-refractivity contribution in [2.24, 2.45) is 0 Å². The normalized spacial score (nSPS) is 13.1. The van der Waals surface area contributed by atoms with E-state index in [4.69, 9.17) is 4.74 Å². The van der Waals surface area contributed by atoms with Crippen LogP contribution in [0.2, 0.25) is 0 Å². The smallest absolute Gasteiger partial charge is 0.416 e. The molecule has 7 heteroatoms. The number of nitrogens with zero attached hydrogens (tertiary/aromatic N) is 1. The summed E-state index contributed by atoms with van der Waals surface area (Å²) in [5.41, 5.74) is 3.35. The molecule has 190 valence electrons. The molecule has 3 aromatic rings. The second kappa shape index (κ2) is 12.5. The molecule has 0 aliphatic carbocycles. The Morgan fingerprint density at radius 2 is 1.57 bits per heavy atom. The van der Waals surface area contributed by atoms with Gasteiger partial charge in [-0.15, -0.1) is 0 Å². The quantitative estimate of drug-likeness (QED) is 0.235. The zero-order chi connectivity index (χ0) is 26.2. The van der Waals surface area contributed by atoms with Crippen LogP contribution in [0.3, 0.4) is 0 Å². The fourth-order valence-corrected chi connectivity index (χ4v) is 3.62. The zero-order valence-corrected chi connectivity index (χ0v) is 22.1. The van der Waals surface area contributed by atoms with Crippen LogP contribution in [0.15, 0.2) is 60.8 Å². The van der Waals surface area contributed by atoms with Gasteiger partial charge in [-0.1, -0.05) is 73.3 Å². The van der Waals surface area contributed by atoms with E-state index in [1.165, 1.54) is 29.7 Å². The average molecular weight is 508 g/mol. The van der Waals surface area contributed by atoms with Crippen LogP contribution in [-0.2, 0) is 18.0 Å². The van der Waals surface area contributed by atoms with E-state index in [0.29, 0.717) is 5.56 Å². The summed E-state index contributed by atoms with van der Waals surface area (Å²) in [4.78, 5) is 4.35. The molecule has 0 saturated carbocycles. The zero-order valence-electron chi connectivity index (χ0n) is 20.9. The molecule has 2 nitrogen and oxygen atoms in total. The summed E-state index contributed by atoms with van der Waals surface area (Å²) in [6.45, 7) is 9.74. The van der Waals surface area contributed by atoms with Gasteiger partial charge in [-0.3, -0.25) is 0 Å². The molecule has 35 heavy (non-hydrogen) atoms. The van der Waals surface area contributed by atoms with Gasteiger partial charge < -0.3 is 4.74 Å². The lowest BCUT2D eigenvalue weighted by atomic mass is 9.96. The number of benzene rings is 2. The van der Waals surface area contributed by atoms with Crippen molar-refractivity contribution in [1.82, 2.24) is 4.98 Å². The average Bonchev–Trinajstić information content (AvgIpc) is 2.82. The van der Waals surface area contributed by atoms with Crippen molar-refractivity contribution >= 4 is 9.24 Å². The van der Waals surface area contributed by atoms with Crippen molar-refractivity contribution in [3.05, 3.63) is 83.0 Å². The van der Waals surface area contributed by atoms with Crippen LogP contribution in [0.1, 0.15) is 69.2 Å². The summed E-state index contributed by atoms with van der Waals surface area (Å²) >= 11 is 0. The molecule has 0 aliphatic rings. The Balaban J connectivity index is 0.000000247. The number of hydrogen-bond donors (Lipinski definition) is 0. The summed E-state index contributed by atoms with van der Waals surface area (Å²) in [5, 5.41) is -1.86. The van der Waals surface area contributed by atoms with Crippen molar-refractivity contribution in [3.8, 4) is 17.0 Å². The van der Waals surface area contributed by atoms with Gasteiger partial charge in [-0.2, -0.15) is 13.2 Å². The van der Waals surface area contributed by atoms with Crippen LogP contribution in [0.25, 0.3) is 11.1 Å². The van der Waals surface area contributed by atoms with Gasteiger partial charge in [-0.25, -0.2) is 9.37 Å². The molecule has 0 spiro atoms. The van der Waals surface area contributed by atoms with Crippen molar-refractivity contribution in [1.29, 1.82) is 0 Å². The van der Waals surface area contributed by atoms with Crippen LogP contribution in [0.4, 0.5) is 17.6 Å². The second-order valence-electron chi connectivity index (χ2n) is 8.78. The maximum absolute atomic E-state index is 13.7. The fraction of sp³-hybridized carbons (Fsp3) is 0.393. The molecule has 0 saturated heterocycles. The van der Waals surface area contributed by atoms with Gasteiger partial charge in [0.15, 0.2) is 0 Å². The number of aromatic nitrogens is 1. The van der Waals surface area contributed by atoms with E-state index in [1.807, 2.05) is 21.5 Å². The molecule has 0 N–H and O–H groups in total. The maximum Gasteiger partial charge on any atom is 0.416 e. The van der Waals surface area contributed by atoms with Gasteiger partial charge in [0.1, 0.15) is 5.41 Å². The molecule has 1 aromatic heterocycles. The van der Waals surface area contributed by atoms with Gasteiger partial charge in [0.2, 0.25) is 5.88 Å². The highest BCUT2D eigenvalue weighted by Gasteiger charge is 2.33. The Labute approximate surface area is 208 Å². The van der Waals surface area contributed by atoms with Crippen molar-refractivity contribution in [2.75, 3.05) is 6.61 Å².